The molecule has 3 aromatic carbocycles. The van der Waals surface area contributed by atoms with Crippen molar-refractivity contribution < 1.29 is 19.2 Å². The number of para-hydroxylation sites is 3. The number of aromatic nitrogens is 2. The van der Waals surface area contributed by atoms with Crippen LogP contribution in [0.5, 0.6) is 0 Å². The van der Waals surface area contributed by atoms with Crippen molar-refractivity contribution in [2.45, 2.75) is 13.8 Å². The fourth-order valence-corrected chi connectivity index (χ4v) is 4.36. The molecule has 0 saturated heterocycles. The predicted molar refractivity (Wildman–Crippen MR) is 139 cm³/mol. The summed E-state index contributed by atoms with van der Waals surface area (Å²) >= 11 is 0. The van der Waals surface area contributed by atoms with E-state index in [9.17, 15) is 19.2 Å². The lowest BCUT2D eigenvalue weighted by Crippen LogP contribution is -2.42. The number of carbonyl (C=O) groups is 4. The Hall–Kier alpha value is -5.05. The molecule has 0 aliphatic carbocycles. The first-order valence-corrected chi connectivity index (χ1v) is 11.6. The fraction of sp³-hybridized carbons (Fsp3) is 0.107. The molecule has 37 heavy (non-hydrogen) atoms. The van der Waals surface area contributed by atoms with Crippen molar-refractivity contribution in [3.63, 3.8) is 0 Å². The summed E-state index contributed by atoms with van der Waals surface area (Å²) in [6.07, 6.45) is 0. The molecule has 2 heterocycles. The van der Waals surface area contributed by atoms with Crippen molar-refractivity contribution >= 4 is 40.6 Å². The smallest absolute Gasteiger partial charge is 0.296 e. The molecule has 1 aliphatic rings. The predicted octanol–water partition coefficient (Wildman–Crippen LogP) is 3.91. The number of carbonyl (C=O) groups excluding carboxylic acids is 4. The molecule has 9 heteroatoms. The van der Waals surface area contributed by atoms with Crippen molar-refractivity contribution in [3.8, 4) is 5.69 Å². The molecule has 0 unspecified atom stereocenters. The summed E-state index contributed by atoms with van der Waals surface area (Å²) < 4.78 is 1.63. The SMILES string of the molecule is Cc1nn(-c2ccccc2)c(C)c1C(=O)C(=O)Nc1ccc(C(=O)N2CC(=O)Nc3ccccc32)cc1. The summed E-state index contributed by atoms with van der Waals surface area (Å²) in [6, 6.07) is 22.6. The number of hydrogen-bond donors (Lipinski definition) is 2. The van der Waals surface area contributed by atoms with Gasteiger partial charge in [0, 0.05) is 11.3 Å². The fourth-order valence-electron chi connectivity index (χ4n) is 4.36. The normalized spacial score (nSPS) is 12.5. The number of nitrogens with one attached hydrogen (secondary N) is 2. The van der Waals surface area contributed by atoms with Crippen LogP contribution in [0.1, 0.15) is 32.1 Å². The van der Waals surface area contributed by atoms with E-state index in [0.29, 0.717) is 34.0 Å². The third-order valence-corrected chi connectivity index (χ3v) is 6.13. The first-order chi connectivity index (χ1) is 17.8. The molecule has 184 valence electrons. The molecule has 0 bridgehead atoms. The third-order valence-electron chi connectivity index (χ3n) is 6.13. The number of hydrogen-bond acceptors (Lipinski definition) is 5. The molecule has 0 atom stereocenters. The van der Waals surface area contributed by atoms with E-state index in [2.05, 4.69) is 15.7 Å². The van der Waals surface area contributed by atoms with Gasteiger partial charge in [0.25, 0.3) is 17.6 Å². The minimum absolute atomic E-state index is 0.0990. The van der Waals surface area contributed by atoms with E-state index in [1.807, 2.05) is 30.3 Å². The van der Waals surface area contributed by atoms with Gasteiger partial charge < -0.3 is 10.6 Å². The van der Waals surface area contributed by atoms with Crippen LogP contribution in [0.2, 0.25) is 0 Å². The van der Waals surface area contributed by atoms with Crippen molar-refractivity contribution in [1.82, 2.24) is 9.78 Å². The Balaban J connectivity index is 1.32. The third kappa shape index (κ3) is 4.50. The molecule has 0 saturated carbocycles. The Bertz CT molecular complexity index is 1540. The Labute approximate surface area is 212 Å². The number of anilines is 3. The maximum Gasteiger partial charge on any atom is 0.296 e. The highest BCUT2D eigenvalue weighted by molar-refractivity contribution is 6.47. The number of Topliss-reactive ketones (excluding diaryl/α,β-unsaturated/α-hetero) is 1. The standard InChI is InChI=1S/C28H23N5O4/c1-17-25(18(2)33(31-17)21-8-4-3-5-9-21)26(35)27(36)29-20-14-12-19(13-15-20)28(37)32-16-24(34)30-22-10-6-7-11-23(22)32/h3-15H,16H2,1-2H3,(H,29,36)(H,30,34). The van der Waals surface area contributed by atoms with Gasteiger partial charge in [-0.15, -0.1) is 0 Å². The average Bonchev–Trinajstić information content (AvgIpc) is 3.21. The molecule has 2 N–H and O–H groups in total. The first-order valence-electron chi connectivity index (χ1n) is 11.6. The number of benzene rings is 3. The number of fused-ring (bicyclic) bond motifs is 1. The number of ketones is 1. The van der Waals surface area contributed by atoms with Crippen LogP contribution in [-0.4, -0.2) is 39.8 Å². The van der Waals surface area contributed by atoms with Crippen LogP contribution in [-0.2, 0) is 9.59 Å². The average molecular weight is 494 g/mol. The molecule has 0 spiro atoms. The maximum absolute atomic E-state index is 13.1. The van der Waals surface area contributed by atoms with Crippen LogP contribution in [0, 0.1) is 13.8 Å². The van der Waals surface area contributed by atoms with Gasteiger partial charge in [-0.25, -0.2) is 4.68 Å². The highest BCUT2D eigenvalue weighted by Crippen LogP contribution is 2.30. The zero-order valence-electron chi connectivity index (χ0n) is 20.2. The van der Waals surface area contributed by atoms with Crippen LogP contribution in [0.25, 0.3) is 5.69 Å². The quantitative estimate of drug-likeness (QED) is 0.323. The molecule has 9 nitrogen and oxygen atoms in total. The van der Waals surface area contributed by atoms with Gasteiger partial charge >= 0.3 is 0 Å². The van der Waals surface area contributed by atoms with Crippen LogP contribution < -0.4 is 15.5 Å². The minimum atomic E-state index is -0.806. The summed E-state index contributed by atoms with van der Waals surface area (Å²) in [7, 11) is 0. The van der Waals surface area contributed by atoms with Gasteiger partial charge in [0.05, 0.1) is 34.0 Å². The van der Waals surface area contributed by atoms with Gasteiger partial charge in [-0.05, 0) is 62.4 Å². The number of amides is 3. The van der Waals surface area contributed by atoms with E-state index in [-0.39, 0.29) is 23.9 Å². The molecule has 3 amide bonds. The Morgan fingerprint density at radius 2 is 1.57 bits per heavy atom. The number of nitrogens with zero attached hydrogens (tertiary/aromatic N) is 3. The molecule has 0 radical (unpaired) electrons. The summed E-state index contributed by atoms with van der Waals surface area (Å²) in [5, 5.41) is 9.78. The molecule has 0 fully saturated rings. The van der Waals surface area contributed by atoms with Crippen LogP contribution in [0.15, 0.2) is 78.9 Å². The van der Waals surface area contributed by atoms with E-state index in [0.717, 1.165) is 5.69 Å². The Morgan fingerprint density at radius 3 is 2.30 bits per heavy atom. The Kier molecular flexibility index (Phi) is 6.10. The van der Waals surface area contributed by atoms with Crippen LogP contribution in [0.3, 0.4) is 0 Å². The first kappa shape index (κ1) is 23.7. The van der Waals surface area contributed by atoms with Crippen molar-refractivity contribution in [3.05, 3.63) is 101 Å². The molecule has 4 aromatic rings. The lowest BCUT2D eigenvalue weighted by Gasteiger charge is -2.29. The zero-order valence-corrected chi connectivity index (χ0v) is 20.2. The maximum atomic E-state index is 13.1. The minimum Gasteiger partial charge on any atom is -0.323 e. The molecule has 1 aromatic heterocycles. The van der Waals surface area contributed by atoms with Crippen LogP contribution >= 0.6 is 0 Å². The summed E-state index contributed by atoms with van der Waals surface area (Å²) in [5.41, 5.74) is 3.92. The highest BCUT2D eigenvalue weighted by atomic mass is 16.2. The largest absolute Gasteiger partial charge is 0.323 e. The number of aryl methyl sites for hydroxylation is 1. The number of rotatable bonds is 5. The lowest BCUT2D eigenvalue weighted by molar-refractivity contribution is -0.115. The summed E-state index contributed by atoms with van der Waals surface area (Å²) in [5.74, 6) is -2.14. The highest BCUT2D eigenvalue weighted by Gasteiger charge is 2.28. The summed E-state index contributed by atoms with van der Waals surface area (Å²) in [6.45, 7) is 3.33. The van der Waals surface area contributed by atoms with E-state index >= 15 is 0 Å². The second-order valence-electron chi connectivity index (χ2n) is 8.61. The Morgan fingerprint density at radius 1 is 0.892 bits per heavy atom. The zero-order chi connectivity index (χ0) is 26.1. The second kappa shape index (κ2) is 9.54. The van der Waals surface area contributed by atoms with Gasteiger partial charge in [-0.1, -0.05) is 30.3 Å². The van der Waals surface area contributed by atoms with E-state index in [4.69, 9.17) is 0 Å². The van der Waals surface area contributed by atoms with Crippen LogP contribution in [0.4, 0.5) is 17.1 Å². The van der Waals surface area contributed by atoms with E-state index in [1.54, 1.807) is 67.1 Å². The molecule has 5 rings (SSSR count). The van der Waals surface area contributed by atoms with E-state index < -0.39 is 11.7 Å². The van der Waals surface area contributed by atoms with Crippen molar-refractivity contribution in [2.75, 3.05) is 22.1 Å². The molecular formula is C28H23N5O4. The van der Waals surface area contributed by atoms with E-state index in [1.165, 1.54) is 4.90 Å². The molecule has 1 aliphatic heterocycles. The second-order valence-corrected chi connectivity index (χ2v) is 8.61. The summed E-state index contributed by atoms with van der Waals surface area (Å²) in [4.78, 5) is 52.4. The van der Waals surface area contributed by atoms with Gasteiger partial charge in [0.15, 0.2) is 0 Å². The van der Waals surface area contributed by atoms with Crippen molar-refractivity contribution in [1.29, 1.82) is 0 Å². The van der Waals surface area contributed by atoms with Gasteiger partial charge in [0.1, 0.15) is 6.54 Å². The molecular weight excluding hydrogens is 470 g/mol. The monoisotopic (exact) mass is 493 g/mol. The topological polar surface area (TPSA) is 113 Å². The lowest BCUT2D eigenvalue weighted by atomic mass is 10.1. The van der Waals surface area contributed by atoms with Gasteiger partial charge in [-0.3, -0.25) is 24.1 Å². The van der Waals surface area contributed by atoms with Gasteiger partial charge in [-0.2, -0.15) is 5.10 Å². The van der Waals surface area contributed by atoms with Crippen molar-refractivity contribution in [2.24, 2.45) is 0 Å². The van der Waals surface area contributed by atoms with Gasteiger partial charge in [0.2, 0.25) is 5.91 Å².